The van der Waals surface area contributed by atoms with Crippen LogP contribution in [-0.4, -0.2) is 26.2 Å². The molecule has 1 fully saturated rings. The number of nitrogens with one attached hydrogen (secondary N) is 1. The van der Waals surface area contributed by atoms with Crippen molar-refractivity contribution in [3.63, 3.8) is 0 Å². The van der Waals surface area contributed by atoms with Gasteiger partial charge in [0.2, 0.25) is 0 Å². The summed E-state index contributed by atoms with van der Waals surface area (Å²) >= 11 is 0. The molecule has 0 amide bonds. The number of aromatic nitrogens is 4. The molecular weight excluding hydrogens is 262 g/mol. The van der Waals surface area contributed by atoms with Crippen molar-refractivity contribution >= 4 is 0 Å². The monoisotopic (exact) mass is 285 g/mol. The molecule has 5 nitrogen and oxygen atoms in total. The topological polar surface area (TPSA) is 55.6 Å². The third kappa shape index (κ3) is 3.13. The van der Waals surface area contributed by atoms with Crippen molar-refractivity contribution in [2.75, 3.05) is 0 Å². The van der Waals surface area contributed by atoms with Crippen LogP contribution in [0.2, 0.25) is 0 Å². The van der Waals surface area contributed by atoms with E-state index in [1.54, 1.807) is 0 Å². The first-order valence-electron chi connectivity index (χ1n) is 7.73. The van der Waals surface area contributed by atoms with Gasteiger partial charge in [-0.3, -0.25) is 0 Å². The predicted molar refractivity (Wildman–Crippen MR) is 82.0 cm³/mol. The minimum atomic E-state index is 0.350. The molecule has 1 atom stereocenters. The molecule has 1 unspecified atom stereocenters. The maximum Gasteiger partial charge on any atom is 0.170 e. The molecule has 112 valence electrons. The average molecular weight is 285 g/mol. The molecule has 1 aliphatic rings. The maximum atomic E-state index is 4.16. The first kappa shape index (κ1) is 14.2. The third-order valence-electron chi connectivity index (χ3n) is 4.55. The second-order valence-electron chi connectivity index (χ2n) is 6.51. The Hall–Kier alpha value is -1.75. The Morgan fingerprint density at radius 3 is 2.81 bits per heavy atom. The van der Waals surface area contributed by atoms with E-state index >= 15 is 0 Å². The normalized spacial score (nSPS) is 21.3. The van der Waals surface area contributed by atoms with Crippen LogP contribution in [0.3, 0.4) is 0 Å². The van der Waals surface area contributed by atoms with Crippen LogP contribution >= 0.6 is 0 Å². The van der Waals surface area contributed by atoms with Gasteiger partial charge in [-0.2, -0.15) is 4.68 Å². The van der Waals surface area contributed by atoms with Crippen LogP contribution in [0.4, 0.5) is 0 Å². The lowest BCUT2D eigenvalue weighted by molar-refractivity contribution is 0.165. The Bertz CT molecular complexity index is 575. The van der Waals surface area contributed by atoms with Gasteiger partial charge >= 0.3 is 0 Å². The second kappa shape index (κ2) is 5.93. The fourth-order valence-corrected chi connectivity index (χ4v) is 3.17. The molecule has 0 spiro atoms. The number of nitrogens with zero attached hydrogens (tertiary/aromatic N) is 4. The molecule has 3 rings (SSSR count). The van der Waals surface area contributed by atoms with Gasteiger partial charge in [-0.25, -0.2) is 0 Å². The van der Waals surface area contributed by atoms with E-state index in [1.165, 1.54) is 25.7 Å². The van der Waals surface area contributed by atoms with Crippen LogP contribution in [0.1, 0.15) is 45.4 Å². The third-order valence-corrected chi connectivity index (χ3v) is 4.55. The highest BCUT2D eigenvalue weighted by molar-refractivity contribution is 5.30. The van der Waals surface area contributed by atoms with E-state index in [9.17, 15) is 0 Å². The Labute approximate surface area is 125 Å². The summed E-state index contributed by atoms with van der Waals surface area (Å²) in [5, 5.41) is 15.7. The first-order chi connectivity index (χ1) is 10.2. The predicted octanol–water partition coefficient (Wildman–Crippen LogP) is 2.72. The van der Waals surface area contributed by atoms with Gasteiger partial charge in [0.05, 0.1) is 12.2 Å². The summed E-state index contributed by atoms with van der Waals surface area (Å²) in [7, 11) is 0. The lowest BCUT2D eigenvalue weighted by Gasteiger charge is -2.39. The summed E-state index contributed by atoms with van der Waals surface area (Å²) in [5.41, 5.74) is 1.35. The molecule has 1 heterocycles. The molecule has 21 heavy (non-hydrogen) atoms. The molecule has 2 aromatic rings. The fraction of sp³-hybridized carbons (Fsp3) is 0.562. The summed E-state index contributed by atoms with van der Waals surface area (Å²) in [6.07, 6.45) is 5.17. The summed E-state index contributed by atoms with van der Waals surface area (Å²) in [6.45, 7) is 5.41. The van der Waals surface area contributed by atoms with Gasteiger partial charge < -0.3 is 5.32 Å². The largest absolute Gasteiger partial charge is 0.306 e. The molecule has 5 heteroatoms. The summed E-state index contributed by atoms with van der Waals surface area (Å²) in [5.74, 6) is 0.863. The zero-order valence-corrected chi connectivity index (χ0v) is 12.8. The van der Waals surface area contributed by atoms with Crippen LogP contribution in [0, 0.1) is 5.41 Å². The lowest BCUT2D eigenvalue weighted by Crippen LogP contribution is -2.44. The van der Waals surface area contributed by atoms with Crippen LogP contribution < -0.4 is 5.32 Å². The van der Waals surface area contributed by atoms with Crippen LogP contribution in [0.25, 0.3) is 5.69 Å². The van der Waals surface area contributed by atoms with Gasteiger partial charge in [-0.05, 0) is 40.8 Å². The molecule has 1 aromatic heterocycles. The van der Waals surface area contributed by atoms with Gasteiger partial charge in [0.15, 0.2) is 5.82 Å². The minimum Gasteiger partial charge on any atom is -0.306 e. The second-order valence-corrected chi connectivity index (χ2v) is 6.51. The van der Waals surface area contributed by atoms with Gasteiger partial charge in [0, 0.05) is 6.04 Å². The SMILES string of the molecule is CC1(C)CCCCC1NCc1nnnn1-c1ccccc1. The fourth-order valence-electron chi connectivity index (χ4n) is 3.17. The number of hydrogen-bond acceptors (Lipinski definition) is 4. The minimum absolute atomic E-state index is 0.350. The highest BCUT2D eigenvalue weighted by atomic mass is 15.5. The zero-order valence-electron chi connectivity index (χ0n) is 12.8. The summed E-state index contributed by atoms with van der Waals surface area (Å²) in [6, 6.07) is 10.6. The highest BCUT2D eigenvalue weighted by Gasteiger charge is 2.31. The maximum absolute atomic E-state index is 4.16. The number of rotatable bonds is 4. The lowest BCUT2D eigenvalue weighted by atomic mass is 9.73. The van der Waals surface area contributed by atoms with Crippen molar-refractivity contribution in [3.05, 3.63) is 36.2 Å². The van der Waals surface area contributed by atoms with Gasteiger partial charge in [-0.15, -0.1) is 5.10 Å². The van der Waals surface area contributed by atoms with Gasteiger partial charge in [0.25, 0.3) is 0 Å². The number of para-hydroxylation sites is 1. The molecule has 0 saturated heterocycles. The molecule has 0 bridgehead atoms. The first-order valence-corrected chi connectivity index (χ1v) is 7.73. The molecule has 0 aliphatic heterocycles. The standard InChI is InChI=1S/C16H23N5/c1-16(2)11-7-6-10-14(16)17-12-15-18-19-20-21(15)13-8-4-3-5-9-13/h3-5,8-9,14,17H,6-7,10-12H2,1-2H3. The van der Waals surface area contributed by atoms with Crippen LogP contribution in [0.5, 0.6) is 0 Å². The quantitative estimate of drug-likeness (QED) is 0.938. The highest BCUT2D eigenvalue weighted by Crippen LogP contribution is 2.35. The van der Waals surface area contributed by atoms with E-state index < -0.39 is 0 Å². The zero-order chi connectivity index (χ0) is 14.7. The Morgan fingerprint density at radius 1 is 1.24 bits per heavy atom. The van der Waals surface area contributed by atoms with Crippen molar-refractivity contribution in [1.29, 1.82) is 0 Å². The van der Waals surface area contributed by atoms with Crippen molar-refractivity contribution in [3.8, 4) is 5.69 Å². The van der Waals surface area contributed by atoms with Gasteiger partial charge in [-0.1, -0.05) is 44.9 Å². The van der Waals surface area contributed by atoms with Crippen molar-refractivity contribution in [1.82, 2.24) is 25.5 Å². The van der Waals surface area contributed by atoms with Crippen molar-refractivity contribution < 1.29 is 0 Å². The molecule has 1 saturated carbocycles. The molecule has 1 N–H and O–H groups in total. The smallest absolute Gasteiger partial charge is 0.170 e. The summed E-state index contributed by atoms with van der Waals surface area (Å²) in [4.78, 5) is 0. The Morgan fingerprint density at radius 2 is 2.05 bits per heavy atom. The molecule has 0 radical (unpaired) electrons. The Balaban J connectivity index is 1.71. The van der Waals surface area contributed by atoms with E-state index in [1.807, 2.05) is 35.0 Å². The van der Waals surface area contributed by atoms with Crippen LogP contribution in [-0.2, 0) is 6.54 Å². The van der Waals surface area contributed by atoms with E-state index in [-0.39, 0.29) is 0 Å². The van der Waals surface area contributed by atoms with Crippen molar-refractivity contribution in [2.24, 2.45) is 5.41 Å². The number of tetrazole rings is 1. The number of benzene rings is 1. The van der Waals surface area contributed by atoms with Crippen molar-refractivity contribution in [2.45, 2.75) is 52.1 Å². The molecular formula is C16H23N5. The van der Waals surface area contributed by atoms with Crippen LogP contribution in [0.15, 0.2) is 30.3 Å². The van der Waals surface area contributed by atoms with E-state index in [2.05, 4.69) is 34.7 Å². The van der Waals surface area contributed by atoms with E-state index in [0.717, 1.165) is 11.5 Å². The van der Waals surface area contributed by atoms with E-state index in [0.29, 0.717) is 18.0 Å². The number of hydrogen-bond donors (Lipinski definition) is 1. The average Bonchev–Trinajstić information content (AvgIpc) is 2.95. The summed E-state index contributed by atoms with van der Waals surface area (Å²) < 4.78 is 1.81. The molecule has 1 aromatic carbocycles. The Kier molecular flexibility index (Phi) is 4.01. The van der Waals surface area contributed by atoms with E-state index in [4.69, 9.17) is 0 Å². The van der Waals surface area contributed by atoms with Gasteiger partial charge in [0.1, 0.15) is 0 Å². The molecule has 1 aliphatic carbocycles.